The van der Waals surface area contributed by atoms with Crippen molar-refractivity contribution in [2.45, 2.75) is 0 Å². The first-order valence-corrected chi connectivity index (χ1v) is 5.89. The van der Waals surface area contributed by atoms with E-state index in [9.17, 15) is 4.79 Å². The Hall–Kier alpha value is -2.01. The van der Waals surface area contributed by atoms with E-state index in [1.165, 1.54) is 11.3 Å². The second kappa shape index (κ2) is 3.78. The topological polar surface area (TPSA) is 55.8 Å². The molecule has 5 heteroatoms. The van der Waals surface area contributed by atoms with Gasteiger partial charge in [-0.1, -0.05) is 6.07 Å². The predicted molar refractivity (Wildman–Crippen MR) is 62.8 cm³/mol. The molecule has 1 aromatic heterocycles. The molecule has 1 aliphatic heterocycles. The quantitative estimate of drug-likeness (QED) is 0.887. The molecule has 0 saturated heterocycles. The summed E-state index contributed by atoms with van der Waals surface area (Å²) in [7, 11) is 0. The third kappa shape index (κ3) is 1.64. The lowest BCUT2D eigenvalue weighted by Crippen LogP contribution is -1.95. The summed E-state index contributed by atoms with van der Waals surface area (Å²) in [5.74, 6) is 0.435. The van der Waals surface area contributed by atoms with Crippen LogP contribution in [0.5, 0.6) is 11.5 Å². The van der Waals surface area contributed by atoms with Gasteiger partial charge in [-0.05, 0) is 23.1 Å². The number of thiophene rings is 1. The van der Waals surface area contributed by atoms with Crippen LogP contribution in [-0.4, -0.2) is 17.9 Å². The second-order valence-corrected chi connectivity index (χ2v) is 4.32. The van der Waals surface area contributed by atoms with Gasteiger partial charge in [-0.15, -0.1) is 0 Å². The molecule has 2 aromatic rings. The molecule has 0 aliphatic carbocycles. The first kappa shape index (κ1) is 10.2. The molecular weight excluding hydrogens is 240 g/mol. The van der Waals surface area contributed by atoms with Crippen LogP contribution in [-0.2, 0) is 0 Å². The molecule has 1 aliphatic rings. The lowest BCUT2D eigenvalue weighted by molar-refractivity contribution is 0.0698. The molecule has 0 radical (unpaired) electrons. The summed E-state index contributed by atoms with van der Waals surface area (Å²) in [4.78, 5) is 11.0. The van der Waals surface area contributed by atoms with Crippen LogP contribution in [0.4, 0.5) is 0 Å². The predicted octanol–water partition coefficient (Wildman–Crippen LogP) is 2.84. The number of aromatic carboxylic acids is 1. The van der Waals surface area contributed by atoms with Crippen LogP contribution >= 0.6 is 11.3 Å². The molecule has 1 N–H and O–H groups in total. The van der Waals surface area contributed by atoms with E-state index in [0.717, 1.165) is 5.56 Å². The Morgan fingerprint density at radius 1 is 1.24 bits per heavy atom. The molecule has 0 amide bonds. The van der Waals surface area contributed by atoms with Gasteiger partial charge in [0.1, 0.15) is 0 Å². The highest BCUT2D eigenvalue weighted by Gasteiger charge is 2.17. The third-order valence-corrected chi connectivity index (χ3v) is 3.32. The molecule has 2 heterocycles. The maximum atomic E-state index is 11.0. The van der Waals surface area contributed by atoms with Crippen LogP contribution in [0.3, 0.4) is 0 Å². The van der Waals surface area contributed by atoms with E-state index in [-0.39, 0.29) is 6.79 Å². The number of benzene rings is 1. The Kier molecular flexibility index (Phi) is 2.26. The SMILES string of the molecule is O=C(O)c1cscc1-c1ccc2c(c1)OCO2. The Balaban J connectivity index is 2.09. The van der Waals surface area contributed by atoms with E-state index in [0.29, 0.717) is 22.6 Å². The number of hydrogen-bond donors (Lipinski definition) is 1. The highest BCUT2D eigenvalue weighted by atomic mass is 32.1. The van der Waals surface area contributed by atoms with Crippen LogP contribution in [0.25, 0.3) is 11.1 Å². The zero-order chi connectivity index (χ0) is 11.8. The van der Waals surface area contributed by atoms with Crippen LogP contribution in [0, 0.1) is 0 Å². The number of carboxylic acids is 1. The standard InChI is InChI=1S/C12H8O4S/c13-12(14)9-5-17-4-8(9)7-1-2-10-11(3-7)16-6-15-10/h1-5H,6H2,(H,13,14). The Morgan fingerprint density at radius 2 is 2.06 bits per heavy atom. The second-order valence-electron chi connectivity index (χ2n) is 3.57. The summed E-state index contributed by atoms with van der Waals surface area (Å²) in [6.45, 7) is 0.216. The molecule has 1 aromatic carbocycles. The molecule has 4 nitrogen and oxygen atoms in total. The minimum Gasteiger partial charge on any atom is -0.478 e. The van der Waals surface area contributed by atoms with Crippen molar-refractivity contribution >= 4 is 17.3 Å². The van der Waals surface area contributed by atoms with Crippen molar-refractivity contribution in [2.75, 3.05) is 6.79 Å². The van der Waals surface area contributed by atoms with Crippen LogP contribution in [0.1, 0.15) is 10.4 Å². The average Bonchev–Trinajstić information content (AvgIpc) is 2.96. The average molecular weight is 248 g/mol. The number of carbonyl (C=O) groups is 1. The van der Waals surface area contributed by atoms with Crippen LogP contribution in [0.2, 0.25) is 0 Å². The van der Waals surface area contributed by atoms with Gasteiger partial charge in [-0.2, -0.15) is 11.3 Å². The van der Waals surface area contributed by atoms with E-state index in [4.69, 9.17) is 14.6 Å². The van der Waals surface area contributed by atoms with Crippen molar-refractivity contribution in [3.8, 4) is 22.6 Å². The van der Waals surface area contributed by atoms with Gasteiger partial charge in [0.25, 0.3) is 0 Å². The lowest BCUT2D eigenvalue weighted by Gasteiger charge is -2.02. The molecule has 0 unspecified atom stereocenters. The number of carboxylic acid groups (broad SMARTS) is 1. The van der Waals surface area contributed by atoms with Crippen molar-refractivity contribution in [3.63, 3.8) is 0 Å². The number of rotatable bonds is 2. The minimum absolute atomic E-state index is 0.216. The highest BCUT2D eigenvalue weighted by Crippen LogP contribution is 2.37. The van der Waals surface area contributed by atoms with Gasteiger partial charge in [0.15, 0.2) is 11.5 Å². The summed E-state index contributed by atoms with van der Waals surface area (Å²) in [5.41, 5.74) is 1.85. The zero-order valence-electron chi connectivity index (χ0n) is 8.67. The van der Waals surface area contributed by atoms with Crippen LogP contribution in [0.15, 0.2) is 29.0 Å². The van der Waals surface area contributed by atoms with Crippen LogP contribution < -0.4 is 9.47 Å². The normalized spacial score (nSPS) is 12.7. The molecule has 0 atom stereocenters. The Bertz CT molecular complexity index is 588. The molecule has 86 valence electrons. The van der Waals surface area contributed by atoms with Gasteiger partial charge in [0.2, 0.25) is 6.79 Å². The first-order chi connectivity index (χ1) is 8.25. The first-order valence-electron chi connectivity index (χ1n) is 4.95. The van der Waals surface area contributed by atoms with E-state index < -0.39 is 5.97 Å². The monoisotopic (exact) mass is 248 g/mol. The number of hydrogen-bond acceptors (Lipinski definition) is 4. The minimum atomic E-state index is -0.918. The van der Waals surface area contributed by atoms with E-state index in [2.05, 4.69) is 0 Å². The summed E-state index contributed by atoms with van der Waals surface area (Å²) >= 11 is 1.37. The van der Waals surface area contributed by atoms with Gasteiger partial charge in [-0.3, -0.25) is 0 Å². The van der Waals surface area contributed by atoms with Gasteiger partial charge >= 0.3 is 5.97 Å². The summed E-state index contributed by atoms with van der Waals surface area (Å²) in [5, 5.41) is 12.5. The molecule has 0 saturated carbocycles. The molecule has 17 heavy (non-hydrogen) atoms. The van der Waals surface area contributed by atoms with Crippen molar-refractivity contribution in [2.24, 2.45) is 0 Å². The molecule has 0 spiro atoms. The van der Waals surface area contributed by atoms with Crippen molar-refractivity contribution in [1.29, 1.82) is 0 Å². The number of fused-ring (bicyclic) bond motifs is 1. The smallest absolute Gasteiger partial charge is 0.337 e. The lowest BCUT2D eigenvalue weighted by atomic mass is 10.0. The van der Waals surface area contributed by atoms with Gasteiger partial charge in [0, 0.05) is 10.9 Å². The molecule has 0 fully saturated rings. The Morgan fingerprint density at radius 3 is 2.88 bits per heavy atom. The van der Waals surface area contributed by atoms with E-state index in [1.807, 2.05) is 11.4 Å². The highest BCUT2D eigenvalue weighted by molar-refractivity contribution is 7.08. The van der Waals surface area contributed by atoms with Gasteiger partial charge < -0.3 is 14.6 Å². The summed E-state index contributed by atoms with van der Waals surface area (Å²) < 4.78 is 10.5. The summed E-state index contributed by atoms with van der Waals surface area (Å²) in [6, 6.07) is 5.43. The van der Waals surface area contributed by atoms with Gasteiger partial charge in [-0.25, -0.2) is 4.79 Å². The molecule has 0 bridgehead atoms. The van der Waals surface area contributed by atoms with Gasteiger partial charge in [0.05, 0.1) is 5.56 Å². The fourth-order valence-electron chi connectivity index (χ4n) is 1.75. The largest absolute Gasteiger partial charge is 0.478 e. The van der Waals surface area contributed by atoms with Crippen molar-refractivity contribution < 1.29 is 19.4 Å². The maximum Gasteiger partial charge on any atom is 0.337 e. The third-order valence-electron chi connectivity index (χ3n) is 2.58. The number of ether oxygens (including phenoxy) is 2. The fraction of sp³-hybridized carbons (Fsp3) is 0.0833. The maximum absolute atomic E-state index is 11.0. The van der Waals surface area contributed by atoms with E-state index in [1.54, 1.807) is 17.5 Å². The zero-order valence-corrected chi connectivity index (χ0v) is 9.49. The van der Waals surface area contributed by atoms with Crippen molar-refractivity contribution in [3.05, 3.63) is 34.5 Å². The Labute approximate surface area is 101 Å². The molecule has 3 rings (SSSR count). The van der Waals surface area contributed by atoms with Crippen molar-refractivity contribution in [1.82, 2.24) is 0 Å². The fourth-order valence-corrected chi connectivity index (χ4v) is 2.58. The molecular formula is C12H8O4S. The van der Waals surface area contributed by atoms with E-state index >= 15 is 0 Å². The summed E-state index contributed by atoms with van der Waals surface area (Å²) in [6.07, 6.45) is 0.